The van der Waals surface area contributed by atoms with Crippen molar-refractivity contribution in [3.05, 3.63) is 82.9 Å². The van der Waals surface area contributed by atoms with E-state index < -0.39 is 5.91 Å². The summed E-state index contributed by atoms with van der Waals surface area (Å²) in [5, 5.41) is 24.7. The number of nitriles is 1. The molecule has 2 N–H and O–H groups in total. The maximum atomic E-state index is 12.3. The molecule has 0 heterocycles. The lowest BCUT2D eigenvalue weighted by atomic mass is 10.0. The fourth-order valence-corrected chi connectivity index (χ4v) is 2.64. The molecule has 0 unspecified atom stereocenters. The SMILES string of the molecule is N#C/C(C(=O)Nc1cccc(Cl)c1)=C(/O)c1ccc2ccccc2c1. The van der Waals surface area contributed by atoms with Crippen molar-refractivity contribution in [2.45, 2.75) is 0 Å². The Balaban J connectivity index is 1.96. The van der Waals surface area contributed by atoms with Crippen molar-refractivity contribution in [2.75, 3.05) is 5.32 Å². The van der Waals surface area contributed by atoms with Crippen molar-refractivity contribution in [2.24, 2.45) is 0 Å². The van der Waals surface area contributed by atoms with Gasteiger partial charge >= 0.3 is 0 Å². The van der Waals surface area contributed by atoms with Gasteiger partial charge in [-0.05, 0) is 35.0 Å². The molecule has 0 saturated carbocycles. The molecule has 0 bridgehead atoms. The van der Waals surface area contributed by atoms with Crippen LogP contribution in [0.3, 0.4) is 0 Å². The van der Waals surface area contributed by atoms with E-state index in [4.69, 9.17) is 11.6 Å². The highest BCUT2D eigenvalue weighted by molar-refractivity contribution is 6.31. The molecule has 0 aliphatic heterocycles. The summed E-state index contributed by atoms with van der Waals surface area (Å²) in [5.74, 6) is -1.07. The third-order valence-electron chi connectivity index (χ3n) is 3.68. The van der Waals surface area contributed by atoms with Crippen LogP contribution in [-0.2, 0) is 4.79 Å². The van der Waals surface area contributed by atoms with Crippen molar-refractivity contribution in [3.8, 4) is 6.07 Å². The molecule has 0 aliphatic rings. The van der Waals surface area contributed by atoms with Gasteiger partial charge in [0.25, 0.3) is 5.91 Å². The molecule has 122 valence electrons. The molecule has 25 heavy (non-hydrogen) atoms. The first-order chi connectivity index (χ1) is 12.1. The number of nitrogens with zero attached hydrogens (tertiary/aromatic N) is 1. The summed E-state index contributed by atoms with van der Waals surface area (Å²) in [5.41, 5.74) is 0.475. The van der Waals surface area contributed by atoms with Crippen LogP contribution in [0.15, 0.2) is 72.3 Å². The average Bonchev–Trinajstić information content (AvgIpc) is 2.61. The number of carbonyl (C=O) groups excluding carboxylic acids is 1. The number of benzene rings is 3. The summed E-state index contributed by atoms with van der Waals surface area (Å²) < 4.78 is 0. The summed E-state index contributed by atoms with van der Waals surface area (Å²) in [7, 11) is 0. The molecule has 1 amide bonds. The lowest BCUT2D eigenvalue weighted by Gasteiger charge is -2.08. The van der Waals surface area contributed by atoms with Gasteiger partial charge in [-0.3, -0.25) is 4.79 Å². The van der Waals surface area contributed by atoms with Crippen molar-refractivity contribution in [1.29, 1.82) is 5.26 Å². The zero-order chi connectivity index (χ0) is 17.8. The highest BCUT2D eigenvalue weighted by Gasteiger charge is 2.17. The van der Waals surface area contributed by atoms with Gasteiger partial charge in [-0.2, -0.15) is 5.26 Å². The monoisotopic (exact) mass is 348 g/mol. The van der Waals surface area contributed by atoms with Gasteiger partial charge in [-0.25, -0.2) is 0 Å². The summed E-state index contributed by atoms with van der Waals surface area (Å²) in [6.45, 7) is 0. The largest absolute Gasteiger partial charge is 0.506 e. The average molecular weight is 349 g/mol. The predicted octanol–water partition coefficient (Wildman–Crippen LogP) is 4.92. The van der Waals surface area contributed by atoms with E-state index in [2.05, 4.69) is 5.32 Å². The number of aliphatic hydroxyl groups is 1. The summed E-state index contributed by atoms with van der Waals surface area (Å²) >= 11 is 5.88. The summed E-state index contributed by atoms with van der Waals surface area (Å²) in [6, 6.07) is 21.2. The number of hydrogen-bond acceptors (Lipinski definition) is 3. The quantitative estimate of drug-likeness (QED) is 0.400. The molecule has 4 nitrogen and oxygen atoms in total. The van der Waals surface area contributed by atoms with E-state index in [1.807, 2.05) is 30.3 Å². The van der Waals surface area contributed by atoms with Crippen LogP contribution in [0.5, 0.6) is 0 Å². The Bertz CT molecular complexity index is 1040. The smallest absolute Gasteiger partial charge is 0.270 e. The second-order valence-electron chi connectivity index (χ2n) is 5.36. The maximum Gasteiger partial charge on any atom is 0.270 e. The number of nitrogens with one attached hydrogen (secondary N) is 1. The molecule has 0 aliphatic carbocycles. The molecular formula is C20H13ClN2O2. The van der Waals surface area contributed by atoms with Crippen molar-refractivity contribution in [3.63, 3.8) is 0 Å². The van der Waals surface area contributed by atoms with Crippen LogP contribution in [0.1, 0.15) is 5.56 Å². The van der Waals surface area contributed by atoms with Gasteiger partial charge in [0, 0.05) is 16.3 Å². The van der Waals surface area contributed by atoms with E-state index in [0.717, 1.165) is 10.8 Å². The van der Waals surface area contributed by atoms with Crippen molar-refractivity contribution < 1.29 is 9.90 Å². The lowest BCUT2D eigenvalue weighted by Crippen LogP contribution is -2.15. The van der Waals surface area contributed by atoms with E-state index in [0.29, 0.717) is 16.3 Å². The van der Waals surface area contributed by atoms with Crippen LogP contribution in [-0.4, -0.2) is 11.0 Å². The van der Waals surface area contributed by atoms with Crippen LogP contribution in [0.4, 0.5) is 5.69 Å². The van der Waals surface area contributed by atoms with E-state index in [9.17, 15) is 15.2 Å². The third kappa shape index (κ3) is 3.63. The Morgan fingerprint density at radius 2 is 1.76 bits per heavy atom. The lowest BCUT2D eigenvalue weighted by molar-refractivity contribution is -0.112. The number of carbonyl (C=O) groups is 1. The minimum Gasteiger partial charge on any atom is -0.506 e. The highest BCUT2D eigenvalue weighted by Crippen LogP contribution is 2.23. The Kier molecular flexibility index (Phi) is 4.69. The summed E-state index contributed by atoms with van der Waals surface area (Å²) in [4.78, 5) is 12.3. The first kappa shape index (κ1) is 16.6. The number of anilines is 1. The highest BCUT2D eigenvalue weighted by atomic mass is 35.5. The fraction of sp³-hybridized carbons (Fsp3) is 0. The third-order valence-corrected chi connectivity index (χ3v) is 3.92. The van der Waals surface area contributed by atoms with Gasteiger partial charge in [-0.15, -0.1) is 0 Å². The first-order valence-electron chi connectivity index (χ1n) is 7.48. The fourth-order valence-electron chi connectivity index (χ4n) is 2.45. The Labute approximate surface area is 149 Å². The standard InChI is InChI=1S/C20H13ClN2O2/c21-16-6-3-7-17(11-16)23-20(25)18(12-22)19(24)15-9-8-13-4-1-2-5-14(13)10-15/h1-11,24H,(H,23,25)/b19-18-. The molecule has 0 radical (unpaired) electrons. The molecule has 0 saturated heterocycles. The van der Waals surface area contributed by atoms with Gasteiger partial charge in [0.1, 0.15) is 11.8 Å². The number of rotatable bonds is 3. The first-order valence-corrected chi connectivity index (χ1v) is 7.86. The summed E-state index contributed by atoms with van der Waals surface area (Å²) in [6.07, 6.45) is 0. The van der Waals surface area contributed by atoms with E-state index in [1.54, 1.807) is 42.5 Å². The molecule has 0 atom stereocenters. The van der Waals surface area contributed by atoms with Gasteiger partial charge in [-0.1, -0.05) is 54.1 Å². The molecule has 3 aromatic rings. The van der Waals surface area contributed by atoms with E-state index >= 15 is 0 Å². The topological polar surface area (TPSA) is 73.1 Å². The minimum absolute atomic E-state index is 0.366. The van der Waals surface area contributed by atoms with Crippen molar-refractivity contribution >= 4 is 39.7 Å². The minimum atomic E-state index is -0.699. The van der Waals surface area contributed by atoms with Crippen LogP contribution < -0.4 is 5.32 Å². The van der Waals surface area contributed by atoms with E-state index in [1.165, 1.54) is 0 Å². The molecular weight excluding hydrogens is 336 g/mol. The van der Waals surface area contributed by atoms with Crippen LogP contribution in [0.2, 0.25) is 5.02 Å². The number of halogens is 1. The van der Waals surface area contributed by atoms with Crippen LogP contribution in [0.25, 0.3) is 16.5 Å². The number of fused-ring (bicyclic) bond motifs is 1. The Morgan fingerprint density at radius 1 is 1.00 bits per heavy atom. The van der Waals surface area contributed by atoms with Gasteiger partial charge in [0.15, 0.2) is 5.57 Å². The predicted molar refractivity (Wildman–Crippen MR) is 99.2 cm³/mol. The zero-order valence-corrected chi connectivity index (χ0v) is 13.8. The molecule has 0 aromatic heterocycles. The van der Waals surface area contributed by atoms with Gasteiger partial charge in [0.2, 0.25) is 0 Å². The molecule has 0 spiro atoms. The Morgan fingerprint density at radius 3 is 2.48 bits per heavy atom. The van der Waals surface area contributed by atoms with Crippen LogP contribution in [0, 0.1) is 11.3 Å². The maximum absolute atomic E-state index is 12.3. The van der Waals surface area contributed by atoms with Gasteiger partial charge in [0.05, 0.1) is 0 Å². The normalized spacial score (nSPS) is 11.5. The molecule has 3 rings (SSSR count). The Hall–Kier alpha value is -3.29. The second kappa shape index (κ2) is 7.08. The zero-order valence-electron chi connectivity index (χ0n) is 13.0. The molecule has 0 fully saturated rings. The van der Waals surface area contributed by atoms with E-state index in [-0.39, 0.29) is 11.3 Å². The van der Waals surface area contributed by atoms with Crippen molar-refractivity contribution in [1.82, 2.24) is 0 Å². The molecule has 3 aromatic carbocycles. The molecule has 5 heteroatoms. The second-order valence-corrected chi connectivity index (χ2v) is 5.80. The van der Waals surface area contributed by atoms with Crippen LogP contribution >= 0.6 is 11.6 Å². The number of hydrogen-bond donors (Lipinski definition) is 2. The number of aliphatic hydroxyl groups excluding tert-OH is 1. The number of amides is 1. The van der Waals surface area contributed by atoms with Gasteiger partial charge < -0.3 is 10.4 Å².